The highest BCUT2D eigenvalue weighted by atomic mass is 79.9. The molecule has 0 bridgehead atoms. The Morgan fingerprint density at radius 3 is 2.14 bits per heavy atom. The van der Waals surface area contributed by atoms with Crippen molar-refractivity contribution in [3.05, 3.63) is 113 Å². The lowest BCUT2D eigenvalue weighted by Gasteiger charge is -2.33. The van der Waals surface area contributed by atoms with Gasteiger partial charge in [-0.25, -0.2) is 8.42 Å². The second-order valence-corrected chi connectivity index (χ2v) is 13.7. The SMILES string of the molecule is CC(C)CNC(=O)[C@H](Cc1ccccc1)N(Cc1ccc(Br)cc1)C(=O)CN(C)S(=O)(=O)c1ccc2ccccc2c1. The second kappa shape index (κ2) is 14.1. The van der Waals surface area contributed by atoms with Crippen LogP contribution in [-0.4, -0.2) is 55.6 Å². The van der Waals surface area contributed by atoms with Crippen LogP contribution in [0.25, 0.3) is 10.8 Å². The Morgan fingerprint density at radius 1 is 0.833 bits per heavy atom. The quantitative estimate of drug-likeness (QED) is 0.215. The minimum Gasteiger partial charge on any atom is -0.354 e. The van der Waals surface area contributed by atoms with E-state index in [2.05, 4.69) is 21.2 Å². The zero-order chi connectivity index (χ0) is 30.3. The monoisotopic (exact) mass is 649 g/mol. The molecule has 0 aliphatic rings. The van der Waals surface area contributed by atoms with Gasteiger partial charge >= 0.3 is 0 Å². The van der Waals surface area contributed by atoms with Crippen molar-refractivity contribution in [2.24, 2.45) is 5.92 Å². The van der Waals surface area contributed by atoms with E-state index in [1.807, 2.05) is 92.7 Å². The summed E-state index contributed by atoms with van der Waals surface area (Å²) in [5, 5.41) is 4.70. The third-order valence-corrected chi connectivity index (χ3v) is 9.34. The highest BCUT2D eigenvalue weighted by Crippen LogP contribution is 2.22. The first-order chi connectivity index (χ1) is 20.0. The van der Waals surface area contributed by atoms with Crippen LogP contribution < -0.4 is 5.32 Å². The van der Waals surface area contributed by atoms with Gasteiger partial charge in [-0.2, -0.15) is 4.31 Å². The molecule has 0 aliphatic heterocycles. The van der Waals surface area contributed by atoms with E-state index in [4.69, 9.17) is 0 Å². The summed E-state index contributed by atoms with van der Waals surface area (Å²) in [6.07, 6.45) is 0.286. The number of nitrogens with one attached hydrogen (secondary N) is 1. The van der Waals surface area contributed by atoms with E-state index in [9.17, 15) is 18.0 Å². The maximum absolute atomic E-state index is 14.0. The van der Waals surface area contributed by atoms with Crippen LogP contribution >= 0.6 is 15.9 Å². The molecule has 0 radical (unpaired) electrons. The largest absolute Gasteiger partial charge is 0.354 e. The fourth-order valence-electron chi connectivity index (χ4n) is 4.64. The van der Waals surface area contributed by atoms with Gasteiger partial charge in [0.2, 0.25) is 21.8 Å². The fraction of sp³-hybridized carbons (Fsp3) is 0.273. The van der Waals surface area contributed by atoms with Gasteiger partial charge in [-0.05, 0) is 52.1 Å². The lowest BCUT2D eigenvalue weighted by molar-refractivity contribution is -0.141. The molecular formula is C33H36BrN3O4S. The van der Waals surface area contributed by atoms with Gasteiger partial charge < -0.3 is 10.2 Å². The van der Waals surface area contributed by atoms with E-state index >= 15 is 0 Å². The van der Waals surface area contributed by atoms with E-state index in [0.717, 1.165) is 30.7 Å². The molecule has 0 spiro atoms. The van der Waals surface area contributed by atoms with Crippen LogP contribution in [0.2, 0.25) is 0 Å². The number of nitrogens with zero attached hydrogens (tertiary/aromatic N) is 2. The van der Waals surface area contributed by atoms with Crippen LogP contribution in [0, 0.1) is 5.92 Å². The van der Waals surface area contributed by atoms with E-state index in [-0.39, 0.29) is 29.7 Å². The first-order valence-corrected chi connectivity index (χ1v) is 16.1. The first kappa shape index (κ1) is 31.4. The molecule has 4 aromatic rings. The summed E-state index contributed by atoms with van der Waals surface area (Å²) in [5.74, 6) is -0.524. The number of likely N-dealkylation sites (N-methyl/N-ethyl adjacent to an activating group) is 1. The number of rotatable bonds is 12. The zero-order valence-electron chi connectivity index (χ0n) is 24.0. The van der Waals surface area contributed by atoms with Crippen molar-refractivity contribution in [3.8, 4) is 0 Å². The van der Waals surface area contributed by atoms with Crippen molar-refractivity contribution in [1.29, 1.82) is 0 Å². The molecule has 1 N–H and O–H groups in total. The first-order valence-electron chi connectivity index (χ1n) is 13.9. The molecule has 220 valence electrons. The smallest absolute Gasteiger partial charge is 0.243 e. The van der Waals surface area contributed by atoms with Crippen molar-refractivity contribution in [2.45, 2.75) is 37.8 Å². The average molecular weight is 651 g/mol. The van der Waals surface area contributed by atoms with Crippen molar-refractivity contribution >= 4 is 48.5 Å². The standard InChI is InChI=1S/C33H36BrN3O4S/c1-24(2)21-35-33(39)31(19-25-9-5-4-6-10-25)37(22-26-13-16-29(34)17-14-26)32(38)23-36(3)42(40,41)30-18-15-27-11-7-8-12-28(27)20-30/h4-18,20,24,31H,19,21-23H2,1-3H3,(H,35,39)/t31-/m0/s1. The molecular weight excluding hydrogens is 614 g/mol. The fourth-order valence-corrected chi connectivity index (χ4v) is 6.06. The van der Waals surface area contributed by atoms with Gasteiger partial charge in [0.25, 0.3) is 0 Å². The molecule has 9 heteroatoms. The lowest BCUT2D eigenvalue weighted by Crippen LogP contribution is -2.53. The predicted molar refractivity (Wildman–Crippen MR) is 170 cm³/mol. The van der Waals surface area contributed by atoms with Gasteiger partial charge in [-0.1, -0.05) is 103 Å². The minimum atomic E-state index is -3.98. The summed E-state index contributed by atoms with van der Waals surface area (Å²) in [6, 6.07) is 28.6. The van der Waals surface area contributed by atoms with Crippen molar-refractivity contribution in [1.82, 2.24) is 14.5 Å². The third-order valence-electron chi connectivity index (χ3n) is 7.01. The molecule has 0 saturated heterocycles. The third kappa shape index (κ3) is 8.06. The molecule has 1 atom stereocenters. The Labute approximate surface area is 256 Å². The highest BCUT2D eigenvalue weighted by Gasteiger charge is 2.33. The number of sulfonamides is 1. The lowest BCUT2D eigenvalue weighted by atomic mass is 10.0. The average Bonchev–Trinajstić information content (AvgIpc) is 2.98. The topological polar surface area (TPSA) is 86.8 Å². The number of hydrogen-bond acceptors (Lipinski definition) is 4. The van der Waals surface area contributed by atoms with Gasteiger partial charge in [-0.3, -0.25) is 9.59 Å². The summed E-state index contributed by atoms with van der Waals surface area (Å²) in [5.41, 5.74) is 1.72. The number of benzene rings is 4. The van der Waals surface area contributed by atoms with E-state index < -0.39 is 28.5 Å². The zero-order valence-corrected chi connectivity index (χ0v) is 26.4. The van der Waals surface area contributed by atoms with E-state index in [1.54, 1.807) is 18.2 Å². The summed E-state index contributed by atoms with van der Waals surface area (Å²) >= 11 is 3.44. The maximum Gasteiger partial charge on any atom is 0.243 e. The Kier molecular flexibility index (Phi) is 10.5. The summed E-state index contributed by atoms with van der Waals surface area (Å²) in [6.45, 7) is 4.19. The maximum atomic E-state index is 14.0. The molecule has 0 saturated carbocycles. The second-order valence-electron chi connectivity index (χ2n) is 10.8. The minimum absolute atomic E-state index is 0.103. The Bertz CT molecular complexity index is 1630. The predicted octanol–water partition coefficient (Wildman–Crippen LogP) is 5.64. The van der Waals surface area contributed by atoms with E-state index in [1.165, 1.54) is 11.9 Å². The number of amides is 2. The van der Waals surface area contributed by atoms with Crippen LogP contribution in [0.1, 0.15) is 25.0 Å². The molecule has 0 unspecified atom stereocenters. The van der Waals surface area contributed by atoms with Crippen molar-refractivity contribution in [3.63, 3.8) is 0 Å². The molecule has 4 aromatic carbocycles. The number of carbonyl (C=O) groups excluding carboxylic acids is 2. The van der Waals surface area contributed by atoms with E-state index in [0.29, 0.717) is 6.54 Å². The van der Waals surface area contributed by atoms with Crippen LogP contribution in [-0.2, 0) is 32.6 Å². The van der Waals surface area contributed by atoms with Crippen LogP contribution in [0.5, 0.6) is 0 Å². The van der Waals surface area contributed by atoms with Crippen LogP contribution in [0.4, 0.5) is 0 Å². The molecule has 0 aliphatic carbocycles. The molecule has 42 heavy (non-hydrogen) atoms. The van der Waals surface area contributed by atoms with Crippen LogP contribution in [0.3, 0.4) is 0 Å². The van der Waals surface area contributed by atoms with Crippen molar-refractivity contribution < 1.29 is 18.0 Å². The molecule has 0 aromatic heterocycles. The number of halogens is 1. The Hall–Kier alpha value is -3.53. The van der Waals surface area contributed by atoms with Gasteiger partial charge in [0.05, 0.1) is 11.4 Å². The van der Waals surface area contributed by atoms with Gasteiger partial charge in [0.15, 0.2) is 0 Å². The highest BCUT2D eigenvalue weighted by molar-refractivity contribution is 9.10. The number of carbonyl (C=O) groups is 2. The number of fused-ring (bicyclic) bond motifs is 1. The summed E-state index contributed by atoms with van der Waals surface area (Å²) in [4.78, 5) is 29.2. The molecule has 7 nitrogen and oxygen atoms in total. The van der Waals surface area contributed by atoms with Gasteiger partial charge in [0, 0.05) is 31.0 Å². The molecule has 0 fully saturated rings. The normalized spacial score (nSPS) is 12.4. The van der Waals surface area contributed by atoms with Gasteiger partial charge in [0.1, 0.15) is 6.04 Å². The molecule has 2 amide bonds. The summed E-state index contributed by atoms with van der Waals surface area (Å²) < 4.78 is 29.1. The van der Waals surface area contributed by atoms with Crippen molar-refractivity contribution in [2.75, 3.05) is 20.1 Å². The Morgan fingerprint density at radius 2 is 1.48 bits per heavy atom. The summed E-state index contributed by atoms with van der Waals surface area (Å²) in [7, 11) is -2.59. The molecule has 0 heterocycles. The molecule has 4 rings (SSSR count). The number of hydrogen-bond donors (Lipinski definition) is 1. The van der Waals surface area contributed by atoms with Gasteiger partial charge in [-0.15, -0.1) is 0 Å². The Balaban J connectivity index is 1.66. The van der Waals surface area contributed by atoms with Crippen LogP contribution in [0.15, 0.2) is 106 Å².